The van der Waals surface area contributed by atoms with Gasteiger partial charge in [-0.05, 0) is 5.92 Å². The van der Waals surface area contributed by atoms with E-state index in [2.05, 4.69) is 9.82 Å². The minimum absolute atomic E-state index is 0.0934. The average Bonchev–Trinajstić information content (AvgIpc) is 2.41. The fourth-order valence-corrected chi connectivity index (χ4v) is 3.51. The Bertz CT molecular complexity index is 630. The van der Waals surface area contributed by atoms with Crippen LogP contribution in [0.4, 0.5) is 5.82 Å². The van der Waals surface area contributed by atoms with Gasteiger partial charge in [0.1, 0.15) is 4.90 Å². The third-order valence-electron chi connectivity index (χ3n) is 1.91. The molecule has 0 aliphatic heterocycles. The summed E-state index contributed by atoms with van der Waals surface area (Å²) in [6.07, 6.45) is 1.14. The van der Waals surface area contributed by atoms with Gasteiger partial charge in [-0.3, -0.25) is 9.40 Å². The molecule has 1 rings (SSSR count). The molecular formula is C8H16N4O4S2. The van der Waals surface area contributed by atoms with Crippen molar-refractivity contribution in [1.82, 2.24) is 9.78 Å². The molecule has 0 spiro atoms. The number of sulfonamides is 2. The van der Waals surface area contributed by atoms with Crippen molar-refractivity contribution < 1.29 is 16.8 Å². The van der Waals surface area contributed by atoms with Crippen LogP contribution in [0.25, 0.3) is 0 Å². The van der Waals surface area contributed by atoms with Gasteiger partial charge in [-0.25, -0.2) is 22.0 Å². The minimum Gasteiger partial charge on any atom is -0.272 e. The molecular weight excluding hydrogens is 280 g/mol. The Morgan fingerprint density at radius 3 is 2.39 bits per heavy atom. The van der Waals surface area contributed by atoms with Crippen molar-refractivity contribution in [1.29, 1.82) is 0 Å². The lowest BCUT2D eigenvalue weighted by atomic mass is 10.3. The molecule has 104 valence electrons. The van der Waals surface area contributed by atoms with E-state index in [0.29, 0.717) is 0 Å². The highest BCUT2D eigenvalue weighted by molar-refractivity contribution is 7.93. The Labute approximate surface area is 106 Å². The molecule has 0 bridgehead atoms. The number of nitrogens with one attached hydrogen (secondary N) is 1. The number of rotatable bonds is 5. The van der Waals surface area contributed by atoms with E-state index in [1.54, 1.807) is 13.8 Å². The first kappa shape index (κ1) is 14.9. The Hall–Kier alpha value is -1.13. The molecule has 0 fully saturated rings. The van der Waals surface area contributed by atoms with Gasteiger partial charge in [0.15, 0.2) is 5.82 Å². The van der Waals surface area contributed by atoms with Crippen LogP contribution in [-0.2, 0) is 27.1 Å². The summed E-state index contributed by atoms with van der Waals surface area (Å²) in [4.78, 5) is -0.350. The Balaban J connectivity index is 3.13. The van der Waals surface area contributed by atoms with Crippen LogP contribution in [0.2, 0.25) is 0 Å². The minimum atomic E-state index is -4.02. The summed E-state index contributed by atoms with van der Waals surface area (Å²) >= 11 is 0. The number of aryl methyl sites for hydroxylation is 1. The van der Waals surface area contributed by atoms with Gasteiger partial charge in [0.2, 0.25) is 20.0 Å². The predicted molar refractivity (Wildman–Crippen MR) is 66.8 cm³/mol. The number of hydrogen-bond donors (Lipinski definition) is 2. The maximum absolute atomic E-state index is 11.7. The van der Waals surface area contributed by atoms with Gasteiger partial charge >= 0.3 is 0 Å². The van der Waals surface area contributed by atoms with Crippen molar-refractivity contribution in [2.45, 2.75) is 18.7 Å². The zero-order valence-corrected chi connectivity index (χ0v) is 11.9. The number of primary sulfonamides is 1. The Morgan fingerprint density at radius 1 is 1.39 bits per heavy atom. The predicted octanol–water partition coefficient (Wildman–Crippen LogP) is -0.535. The van der Waals surface area contributed by atoms with Gasteiger partial charge in [0.25, 0.3) is 0 Å². The molecule has 0 radical (unpaired) electrons. The molecule has 1 aromatic heterocycles. The van der Waals surface area contributed by atoms with Crippen LogP contribution in [0, 0.1) is 5.92 Å². The molecule has 0 saturated carbocycles. The highest BCUT2D eigenvalue weighted by atomic mass is 32.2. The second-order valence-corrected chi connectivity index (χ2v) is 7.63. The van der Waals surface area contributed by atoms with Crippen molar-refractivity contribution >= 4 is 25.9 Å². The quantitative estimate of drug-likeness (QED) is 0.755. The number of hydrogen-bond acceptors (Lipinski definition) is 5. The summed E-state index contributed by atoms with van der Waals surface area (Å²) in [6.45, 7) is 3.47. The highest BCUT2D eigenvalue weighted by Crippen LogP contribution is 2.19. The molecule has 1 aromatic rings. The summed E-state index contributed by atoms with van der Waals surface area (Å²) in [7, 11) is -6.21. The summed E-state index contributed by atoms with van der Waals surface area (Å²) in [5, 5.41) is 8.71. The lowest BCUT2D eigenvalue weighted by molar-refractivity contribution is 0.587. The lowest BCUT2D eigenvalue weighted by Crippen LogP contribution is -2.22. The molecule has 0 unspecified atom stereocenters. The smallest absolute Gasteiger partial charge is 0.243 e. The van der Waals surface area contributed by atoms with Gasteiger partial charge in [-0.1, -0.05) is 13.8 Å². The van der Waals surface area contributed by atoms with Gasteiger partial charge < -0.3 is 0 Å². The molecule has 8 nitrogen and oxygen atoms in total. The zero-order chi connectivity index (χ0) is 14.1. The number of aromatic nitrogens is 2. The second kappa shape index (κ2) is 4.86. The maximum atomic E-state index is 11.7. The largest absolute Gasteiger partial charge is 0.272 e. The van der Waals surface area contributed by atoms with Crippen molar-refractivity contribution in [3.05, 3.63) is 6.20 Å². The van der Waals surface area contributed by atoms with E-state index < -0.39 is 20.0 Å². The van der Waals surface area contributed by atoms with E-state index in [0.717, 1.165) is 6.20 Å². The Morgan fingerprint density at radius 2 is 1.94 bits per heavy atom. The summed E-state index contributed by atoms with van der Waals surface area (Å²) in [5.41, 5.74) is 0. The van der Waals surface area contributed by atoms with Crippen LogP contribution in [0.3, 0.4) is 0 Å². The van der Waals surface area contributed by atoms with E-state index in [1.807, 2.05) is 0 Å². The molecule has 0 aliphatic carbocycles. The van der Waals surface area contributed by atoms with E-state index in [9.17, 15) is 16.8 Å². The van der Waals surface area contributed by atoms with Crippen LogP contribution in [0.1, 0.15) is 13.8 Å². The Kier molecular flexibility index (Phi) is 4.03. The normalized spacial score (nSPS) is 12.9. The molecule has 0 aromatic carbocycles. The molecule has 0 saturated heterocycles. The van der Waals surface area contributed by atoms with E-state index >= 15 is 0 Å². The first-order valence-corrected chi connectivity index (χ1v) is 8.28. The van der Waals surface area contributed by atoms with Crippen molar-refractivity contribution in [2.75, 3.05) is 10.5 Å². The fraction of sp³-hybridized carbons (Fsp3) is 0.625. The van der Waals surface area contributed by atoms with Gasteiger partial charge in [-0.15, -0.1) is 0 Å². The fourth-order valence-electron chi connectivity index (χ4n) is 1.37. The standard InChI is InChI=1S/C8H16N4O4S2/c1-6(2)5-17(13,14)11-8-7(18(9,15)16)4-12(3)10-8/h4,6H,5H2,1-3H3,(H,10,11)(H2,9,15,16). The molecule has 10 heteroatoms. The monoisotopic (exact) mass is 296 g/mol. The first-order valence-electron chi connectivity index (χ1n) is 5.08. The van der Waals surface area contributed by atoms with Gasteiger partial charge in [-0.2, -0.15) is 5.10 Å². The molecule has 0 atom stereocenters. The summed E-state index contributed by atoms with van der Waals surface area (Å²) < 4.78 is 49.2. The number of nitrogens with two attached hydrogens (primary N) is 1. The van der Waals surface area contributed by atoms with E-state index in [4.69, 9.17) is 5.14 Å². The van der Waals surface area contributed by atoms with E-state index in [1.165, 1.54) is 11.7 Å². The van der Waals surface area contributed by atoms with Crippen molar-refractivity contribution in [2.24, 2.45) is 18.1 Å². The topological polar surface area (TPSA) is 124 Å². The zero-order valence-electron chi connectivity index (χ0n) is 10.3. The van der Waals surface area contributed by atoms with E-state index in [-0.39, 0.29) is 22.4 Å². The maximum Gasteiger partial charge on any atom is 0.243 e. The van der Waals surface area contributed by atoms with Crippen LogP contribution in [0.15, 0.2) is 11.1 Å². The SMILES string of the molecule is CC(C)CS(=O)(=O)Nc1nn(C)cc1S(N)(=O)=O. The van der Waals surface area contributed by atoms with Gasteiger partial charge in [0, 0.05) is 13.2 Å². The molecule has 3 N–H and O–H groups in total. The van der Waals surface area contributed by atoms with Gasteiger partial charge in [0.05, 0.1) is 5.75 Å². The number of nitrogens with zero attached hydrogens (tertiary/aromatic N) is 2. The summed E-state index contributed by atoms with van der Waals surface area (Å²) in [5.74, 6) is -0.502. The number of anilines is 1. The highest BCUT2D eigenvalue weighted by Gasteiger charge is 2.22. The van der Waals surface area contributed by atoms with Crippen molar-refractivity contribution in [3.63, 3.8) is 0 Å². The molecule has 1 heterocycles. The average molecular weight is 296 g/mol. The van der Waals surface area contributed by atoms with Crippen molar-refractivity contribution in [3.8, 4) is 0 Å². The molecule has 18 heavy (non-hydrogen) atoms. The first-order chi connectivity index (χ1) is 8.01. The second-order valence-electron chi connectivity index (χ2n) is 4.34. The third-order valence-corrected chi connectivity index (χ3v) is 4.43. The van der Waals surface area contributed by atoms with Crippen LogP contribution in [-0.4, -0.2) is 32.4 Å². The molecule has 0 amide bonds. The summed E-state index contributed by atoms with van der Waals surface area (Å²) in [6, 6.07) is 0. The van der Waals surface area contributed by atoms with Crippen LogP contribution < -0.4 is 9.86 Å². The third kappa shape index (κ3) is 3.96. The van der Waals surface area contributed by atoms with Crippen LogP contribution in [0.5, 0.6) is 0 Å². The lowest BCUT2D eigenvalue weighted by Gasteiger charge is -2.08. The molecule has 0 aliphatic rings. The van der Waals surface area contributed by atoms with Crippen LogP contribution >= 0.6 is 0 Å².